The fourth-order valence-electron chi connectivity index (χ4n) is 2.79. The Hall–Kier alpha value is -1.13. The van der Waals surface area contributed by atoms with Gasteiger partial charge in [0, 0.05) is 25.3 Å². The van der Waals surface area contributed by atoms with Gasteiger partial charge in [-0.25, -0.2) is 9.97 Å². The monoisotopic (exact) mass is 292 g/mol. The van der Waals surface area contributed by atoms with Crippen LogP contribution in [0.4, 0.5) is 0 Å². The molecule has 2 aromatic rings. The van der Waals surface area contributed by atoms with E-state index in [1.807, 2.05) is 12.3 Å². The largest absolute Gasteiger partial charge is 0.310 e. The van der Waals surface area contributed by atoms with Crippen LogP contribution in [0.2, 0.25) is 0 Å². The van der Waals surface area contributed by atoms with E-state index in [0.717, 1.165) is 48.2 Å². The highest BCUT2D eigenvalue weighted by molar-refractivity contribution is 6.16. The number of rotatable bonds is 6. The normalized spacial score (nSPS) is 15.4. The molecule has 1 fully saturated rings. The Bertz CT molecular complexity index is 603. The highest BCUT2D eigenvalue weighted by Crippen LogP contribution is 2.26. The summed E-state index contributed by atoms with van der Waals surface area (Å²) in [6.45, 7) is 7.38. The van der Waals surface area contributed by atoms with Gasteiger partial charge < -0.3 is 4.57 Å². The van der Waals surface area contributed by atoms with Gasteiger partial charge in [0.2, 0.25) is 0 Å². The third-order valence-corrected chi connectivity index (χ3v) is 4.35. The zero-order chi connectivity index (χ0) is 14.1. The lowest BCUT2D eigenvalue weighted by Crippen LogP contribution is -2.29. The predicted molar refractivity (Wildman–Crippen MR) is 82.1 cm³/mol. The molecule has 1 saturated carbocycles. The highest BCUT2D eigenvalue weighted by atomic mass is 35.5. The van der Waals surface area contributed by atoms with Gasteiger partial charge in [0.05, 0.1) is 5.88 Å². The zero-order valence-electron chi connectivity index (χ0n) is 12.1. The van der Waals surface area contributed by atoms with E-state index in [4.69, 9.17) is 11.6 Å². The highest BCUT2D eigenvalue weighted by Gasteiger charge is 2.27. The van der Waals surface area contributed by atoms with Gasteiger partial charge in [-0.05, 0) is 37.9 Å². The van der Waals surface area contributed by atoms with Crippen molar-refractivity contribution in [2.75, 3.05) is 13.1 Å². The van der Waals surface area contributed by atoms with Crippen LogP contribution in [-0.4, -0.2) is 38.6 Å². The lowest BCUT2D eigenvalue weighted by molar-refractivity contribution is 0.266. The molecule has 0 atom stereocenters. The van der Waals surface area contributed by atoms with E-state index < -0.39 is 0 Å². The Morgan fingerprint density at radius 1 is 1.45 bits per heavy atom. The smallest absolute Gasteiger partial charge is 0.160 e. The van der Waals surface area contributed by atoms with Crippen LogP contribution in [0.1, 0.15) is 31.2 Å². The molecule has 0 aromatic carbocycles. The molecule has 0 unspecified atom stereocenters. The van der Waals surface area contributed by atoms with Crippen LogP contribution in [-0.2, 0) is 12.4 Å². The topological polar surface area (TPSA) is 34.0 Å². The molecule has 0 bridgehead atoms. The summed E-state index contributed by atoms with van der Waals surface area (Å²) in [7, 11) is 0. The van der Waals surface area contributed by atoms with Crippen LogP contribution in [0.5, 0.6) is 0 Å². The van der Waals surface area contributed by atoms with Crippen molar-refractivity contribution in [2.24, 2.45) is 0 Å². The first-order valence-corrected chi connectivity index (χ1v) is 7.88. The number of hydrogen-bond donors (Lipinski definition) is 0. The number of aryl methyl sites for hydroxylation is 1. The second-order valence-corrected chi connectivity index (χ2v) is 5.74. The van der Waals surface area contributed by atoms with Crippen molar-refractivity contribution in [2.45, 2.75) is 45.2 Å². The number of imidazole rings is 1. The summed E-state index contributed by atoms with van der Waals surface area (Å²) in [6.07, 6.45) is 4.54. The Balaban J connectivity index is 1.87. The second-order valence-electron chi connectivity index (χ2n) is 5.47. The number of hydrogen-bond acceptors (Lipinski definition) is 3. The average Bonchev–Trinajstić information content (AvgIpc) is 3.22. The molecule has 2 heterocycles. The molecule has 2 aromatic heterocycles. The Labute approximate surface area is 124 Å². The molecule has 108 valence electrons. The quantitative estimate of drug-likeness (QED) is 0.768. The molecule has 4 nitrogen and oxygen atoms in total. The second kappa shape index (κ2) is 5.70. The van der Waals surface area contributed by atoms with Crippen LogP contribution in [0.15, 0.2) is 12.3 Å². The number of fused-ring (bicyclic) bond motifs is 1. The summed E-state index contributed by atoms with van der Waals surface area (Å²) in [5.74, 6) is 1.36. The van der Waals surface area contributed by atoms with E-state index in [-0.39, 0.29) is 0 Å². The molecule has 1 aliphatic carbocycles. The molecular formula is C15H21ClN4. The van der Waals surface area contributed by atoms with Crippen molar-refractivity contribution in [3.05, 3.63) is 23.7 Å². The standard InChI is InChI=1S/C15H21ClN4/c1-3-19(12-4-5-12)8-9-20-13(10-16)18-14-11(2)6-7-17-15(14)20/h6-7,12H,3-5,8-10H2,1-2H3. The minimum absolute atomic E-state index is 0.436. The molecule has 0 N–H and O–H groups in total. The Morgan fingerprint density at radius 3 is 2.90 bits per heavy atom. The maximum Gasteiger partial charge on any atom is 0.160 e. The van der Waals surface area contributed by atoms with Gasteiger partial charge >= 0.3 is 0 Å². The van der Waals surface area contributed by atoms with Crippen LogP contribution < -0.4 is 0 Å². The maximum atomic E-state index is 6.06. The molecule has 1 aliphatic rings. The van der Waals surface area contributed by atoms with Crippen LogP contribution >= 0.6 is 11.6 Å². The van der Waals surface area contributed by atoms with Crippen LogP contribution in [0, 0.1) is 6.92 Å². The first kappa shape index (κ1) is 13.8. The van der Waals surface area contributed by atoms with E-state index >= 15 is 0 Å². The third-order valence-electron chi connectivity index (χ3n) is 4.11. The van der Waals surface area contributed by atoms with Crippen molar-refractivity contribution in [1.82, 2.24) is 19.4 Å². The van der Waals surface area contributed by atoms with Gasteiger partial charge in [-0.15, -0.1) is 11.6 Å². The predicted octanol–water partition coefficient (Wildman–Crippen LogP) is 2.96. The summed E-state index contributed by atoms with van der Waals surface area (Å²) in [5.41, 5.74) is 3.11. The number of aromatic nitrogens is 3. The first-order chi connectivity index (χ1) is 9.74. The number of alkyl halides is 1. The van der Waals surface area contributed by atoms with E-state index in [0.29, 0.717) is 5.88 Å². The molecule has 0 amide bonds. The van der Waals surface area contributed by atoms with Gasteiger partial charge in [0.25, 0.3) is 0 Å². The average molecular weight is 293 g/mol. The number of likely N-dealkylation sites (N-methyl/N-ethyl adjacent to an activating group) is 1. The molecule has 0 aliphatic heterocycles. The molecule has 20 heavy (non-hydrogen) atoms. The summed E-state index contributed by atoms with van der Waals surface area (Å²) >= 11 is 6.06. The maximum absolute atomic E-state index is 6.06. The van der Waals surface area contributed by atoms with Crippen molar-refractivity contribution in [3.8, 4) is 0 Å². The molecule has 0 spiro atoms. The van der Waals surface area contributed by atoms with Crippen LogP contribution in [0.25, 0.3) is 11.2 Å². The third kappa shape index (κ3) is 2.54. The van der Waals surface area contributed by atoms with Crippen LogP contribution in [0.3, 0.4) is 0 Å². The molecule has 0 radical (unpaired) electrons. The zero-order valence-corrected chi connectivity index (χ0v) is 12.9. The van der Waals surface area contributed by atoms with E-state index in [1.54, 1.807) is 0 Å². The first-order valence-electron chi connectivity index (χ1n) is 7.35. The van der Waals surface area contributed by atoms with Crippen molar-refractivity contribution in [1.29, 1.82) is 0 Å². The number of halogens is 1. The minimum atomic E-state index is 0.436. The summed E-state index contributed by atoms with van der Waals surface area (Å²) in [5, 5.41) is 0. The summed E-state index contributed by atoms with van der Waals surface area (Å²) in [6, 6.07) is 2.80. The van der Waals surface area contributed by atoms with Gasteiger partial charge in [-0.3, -0.25) is 4.90 Å². The summed E-state index contributed by atoms with van der Waals surface area (Å²) < 4.78 is 2.18. The molecule has 0 saturated heterocycles. The van der Waals surface area contributed by atoms with Gasteiger partial charge in [-0.2, -0.15) is 0 Å². The van der Waals surface area contributed by atoms with Crippen molar-refractivity contribution in [3.63, 3.8) is 0 Å². The molecule has 3 rings (SSSR count). The minimum Gasteiger partial charge on any atom is -0.310 e. The Kier molecular flexibility index (Phi) is 3.94. The summed E-state index contributed by atoms with van der Waals surface area (Å²) in [4.78, 5) is 11.7. The SMILES string of the molecule is CCN(CCn1c(CCl)nc2c(C)ccnc21)C1CC1. The fourth-order valence-corrected chi connectivity index (χ4v) is 2.99. The van der Waals surface area contributed by atoms with Crippen molar-refractivity contribution >= 4 is 22.8 Å². The lowest BCUT2D eigenvalue weighted by Gasteiger charge is -2.20. The van der Waals surface area contributed by atoms with E-state index in [2.05, 4.69) is 33.3 Å². The number of nitrogens with zero attached hydrogens (tertiary/aromatic N) is 4. The number of pyridine rings is 1. The molecule has 5 heteroatoms. The van der Waals surface area contributed by atoms with Gasteiger partial charge in [-0.1, -0.05) is 6.92 Å². The van der Waals surface area contributed by atoms with Gasteiger partial charge in [0.1, 0.15) is 11.3 Å². The lowest BCUT2D eigenvalue weighted by atomic mass is 10.3. The van der Waals surface area contributed by atoms with Gasteiger partial charge in [0.15, 0.2) is 5.65 Å². The fraction of sp³-hybridized carbons (Fsp3) is 0.600. The van der Waals surface area contributed by atoms with Crippen molar-refractivity contribution < 1.29 is 0 Å². The Morgan fingerprint density at radius 2 is 2.25 bits per heavy atom. The van der Waals surface area contributed by atoms with E-state index in [1.165, 1.54) is 12.8 Å². The molecular weight excluding hydrogens is 272 g/mol. The van der Waals surface area contributed by atoms with E-state index in [9.17, 15) is 0 Å².